The molecule has 0 saturated heterocycles. The van der Waals surface area contributed by atoms with Gasteiger partial charge >= 0.3 is 0 Å². The predicted molar refractivity (Wildman–Crippen MR) is 39.3 cm³/mol. The Labute approximate surface area is 61.4 Å². The van der Waals surface area contributed by atoms with E-state index in [0.29, 0.717) is 6.54 Å². The van der Waals surface area contributed by atoms with E-state index in [-0.39, 0.29) is 5.54 Å². The number of hydrogen-bond acceptors (Lipinski definition) is 3. The van der Waals surface area contributed by atoms with Gasteiger partial charge in [-0.1, -0.05) is 0 Å². The highest BCUT2D eigenvalue weighted by Crippen LogP contribution is 2.39. The number of hydrogen-bond donors (Lipinski definition) is 1. The molecule has 1 fully saturated rings. The van der Waals surface area contributed by atoms with Gasteiger partial charge in [0.1, 0.15) is 5.54 Å². The maximum atomic E-state index is 8.72. The van der Waals surface area contributed by atoms with Crippen molar-refractivity contribution in [3.8, 4) is 6.07 Å². The molecule has 1 aliphatic rings. The number of nitrogens with two attached hydrogens (primary N) is 1. The summed E-state index contributed by atoms with van der Waals surface area (Å²) in [7, 11) is 1.96. The van der Waals surface area contributed by atoms with Crippen molar-refractivity contribution in [2.45, 2.75) is 18.4 Å². The van der Waals surface area contributed by atoms with Gasteiger partial charge in [0.05, 0.1) is 6.07 Å². The van der Waals surface area contributed by atoms with E-state index in [4.69, 9.17) is 11.0 Å². The molecule has 1 saturated carbocycles. The van der Waals surface area contributed by atoms with Gasteiger partial charge in [-0.05, 0) is 19.9 Å². The molecule has 0 amide bonds. The first-order chi connectivity index (χ1) is 4.75. The Morgan fingerprint density at radius 1 is 1.70 bits per heavy atom. The molecule has 3 nitrogen and oxygen atoms in total. The van der Waals surface area contributed by atoms with Crippen molar-refractivity contribution in [1.29, 1.82) is 5.26 Å². The van der Waals surface area contributed by atoms with Crippen LogP contribution >= 0.6 is 0 Å². The third-order valence-corrected chi connectivity index (χ3v) is 2.13. The summed E-state index contributed by atoms with van der Waals surface area (Å²) in [4.78, 5) is 2.05. The summed E-state index contributed by atoms with van der Waals surface area (Å²) < 4.78 is 0. The summed E-state index contributed by atoms with van der Waals surface area (Å²) in [5.74, 6) is 0. The summed E-state index contributed by atoms with van der Waals surface area (Å²) >= 11 is 0. The van der Waals surface area contributed by atoms with E-state index in [1.54, 1.807) is 0 Å². The molecule has 0 aliphatic heterocycles. The van der Waals surface area contributed by atoms with Crippen molar-refractivity contribution in [2.75, 3.05) is 20.1 Å². The highest BCUT2D eigenvalue weighted by atomic mass is 15.2. The average molecular weight is 139 g/mol. The molecule has 2 N–H and O–H groups in total. The van der Waals surface area contributed by atoms with E-state index >= 15 is 0 Å². The molecular weight excluding hydrogens is 126 g/mol. The summed E-state index contributed by atoms with van der Waals surface area (Å²) in [5.41, 5.74) is 5.22. The minimum absolute atomic E-state index is 0.140. The maximum absolute atomic E-state index is 8.72. The molecule has 3 heteroatoms. The summed E-state index contributed by atoms with van der Waals surface area (Å²) in [5, 5.41) is 8.72. The summed E-state index contributed by atoms with van der Waals surface area (Å²) in [6, 6.07) is 2.31. The van der Waals surface area contributed by atoms with Crippen molar-refractivity contribution < 1.29 is 0 Å². The monoisotopic (exact) mass is 139 g/mol. The second-order valence-corrected chi connectivity index (χ2v) is 2.85. The lowest BCUT2D eigenvalue weighted by Gasteiger charge is -2.20. The van der Waals surface area contributed by atoms with Gasteiger partial charge < -0.3 is 5.73 Å². The van der Waals surface area contributed by atoms with E-state index in [9.17, 15) is 0 Å². The van der Waals surface area contributed by atoms with Gasteiger partial charge in [0.2, 0.25) is 0 Å². The Hall–Kier alpha value is -0.590. The van der Waals surface area contributed by atoms with E-state index < -0.39 is 0 Å². The van der Waals surface area contributed by atoms with E-state index in [1.165, 1.54) is 0 Å². The second kappa shape index (κ2) is 2.57. The fraction of sp³-hybridized carbons (Fsp3) is 0.857. The molecule has 0 heterocycles. The van der Waals surface area contributed by atoms with Crippen LogP contribution in [-0.4, -0.2) is 30.6 Å². The van der Waals surface area contributed by atoms with Gasteiger partial charge in [0.25, 0.3) is 0 Å². The minimum atomic E-state index is -0.140. The SMILES string of the molecule is CN(CCN)C1(C#N)CC1. The summed E-state index contributed by atoms with van der Waals surface area (Å²) in [6.07, 6.45) is 2.03. The van der Waals surface area contributed by atoms with Crippen LogP contribution in [-0.2, 0) is 0 Å². The standard InChI is InChI=1S/C7H13N3/c1-10(5-4-8)7(6-9)2-3-7/h2-5,8H2,1H3. The van der Waals surface area contributed by atoms with Crippen LogP contribution in [0.1, 0.15) is 12.8 Å². The molecule has 1 aliphatic carbocycles. The first-order valence-electron chi connectivity index (χ1n) is 3.58. The molecule has 56 valence electrons. The van der Waals surface area contributed by atoms with Gasteiger partial charge in [-0.3, -0.25) is 4.90 Å². The van der Waals surface area contributed by atoms with E-state index in [0.717, 1.165) is 19.4 Å². The second-order valence-electron chi connectivity index (χ2n) is 2.85. The lowest BCUT2D eigenvalue weighted by Crippen LogP contribution is -2.36. The quantitative estimate of drug-likeness (QED) is 0.595. The Bertz CT molecular complexity index is 155. The van der Waals surface area contributed by atoms with Crippen molar-refractivity contribution in [3.05, 3.63) is 0 Å². The fourth-order valence-corrected chi connectivity index (χ4v) is 1.10. The molecule has 0 bridgehead atoms. The number of nitriles is 1. The molecule has 0 aromatic heterocycles. The average Bonchev–Trinajstić information content (AvgIpc) is 2.68. The zero-order chi connectivity index (χ0) is 7.61. The Kier molecular flexibility index (Phi) is 1.93. The zero-order valence-corrected chi connectivity index (χ0v) is 6.30. The van der Waals surface area contributed by atoms with E-state index in [1.807, 2.05) is 11.9 Å². The number of rotatable bonds is 3. The largest absolute Gasteiger partial charge is 0.329 e. The Morgan fingerprint density at radius 3 is 2.60 bits per heavy atom. The third kappa shape index (κ3) is 1.13. The molecule has 0 unspecified atom stereocenters. The van der Waals surface area contributed by atoms with Gasteiger partial charge in [0.15, 0.2) is 0 Å². The van der Waals surface area contributed by atoms with Gasteiger partial charge in [-0.25, -0.2) is 0 Å². The Balaban J connectivity index is 2.41. The van der Waals surface area contributed by atoms with Crippen LogP contribution in [0.2, 0.25) is 0 Å². The lowest BCUT2D eigenvalue weighted by atomic mass is 10.3. The topological polar surface area (TPSA) is 53.0 Å². The van der Waals surface area contributed by atoms with Gasteiger partial charge in [-0.2, -0.15) is 5.26 Å². The van der Waals surface area contributed by atoms with Crippen molar-refractivity contribution in [2.24, 2.45) is 5.73 Å². The summed E-state index contributed by atoms with van der Waals surface area (Å²) in [6.45, 7) is 1.47. The first-order valence-corrected chi connectivity index (χ1v) is 3.58. The van der Waals surface area contributed by atoms with Crippen molar-refractivity contribution >= 4 is 0 Å². The highest BCUT2D eigenvalue weighted by Gasteiger charge is 2.46. The fourth-order valence-electron chi connectivity index (χ4n) is 1.10. The van der Waals surface area contributed by atoms with Gasteiger partial charge in [0, 0.05) is 13.1 Å². The normalized spacial score (nSPS) is 20.6. The molecule has 0 aromatic rings. The van der Waals surface area contributed by atoms with Crippen LogP contribution in [0.15, 0.2) is 0 Å². The third-order valence-electron chi connectivity index (χ3n) is 2.13. The lowest BCUT2D eigenvalue weighted by molar-refractivity contribution is 0.278. The molecule has 1 rings (SSSR count). The first kappa shape index (κ1) is 7.52. The molecule has 10 heavy (non-hydrogen) atoms. The van der Waals surface area contributed by atoms with Crippen molar-refractivity contribution in [3.63, 3.8) is 0 Å². The highest BCUT2D eigenvalue weighted by molar-refractivity contribution is 5.18. The van der Waals surface area contributed by atoms with Gasteiger partial charge in [-0.15, -0.1) is 0 Å². The van der Waals surface area contributed by atoms with Crippen LogP contribution in [0.3, 0.4) is 0 Å². The molecular formula is C7H13N3. The molecule has 0 atom stereocenters. The number of nitrogens with zero attached hydrogens (tertiary/aromatic N) is 2. The maximum Gasteiger partial charge on any atom is 0.109 e. The van der Waals surface area contributed by atoms with Crippen molar-refractivity contribution in [1.82, 2.24) is 4.90 Å². The van der Waals surface area contributed by atoms with Crippen LogP contribution in [0.25, 0.3) is 0 Å². The van der Waals surface area contributed by atoms with Crippen LogP contribution < -0.4 is 5.73 Å². The predicted octanol–water partition coefficient (Wildman–Crippen LogP) is -0.0669. The molecule has 0 spiro atoms. The minimum Gasteiger partial charge on any atom is -0.329 e. The smallest absolute Gasteiger partial charge is 0.109 e. The van der Waals surface area contributed by atoms with Crippen LogP contribution in [0.4, 0.5) is 0 Å². The van der Waals surface area contributed by atoms with Crippen LogP contribution in [0.5, 0.6) is 0 Å². The Morgan fingerprint density at radius 2 is 2.30 bits per heavy atom. The van der Waals surface area contributed by atoms with E-state index in [2.05, 4.69) is 6.07 Å². The molecule has 0 radical (unpaired) electrons. The van der Waals surface area contributed by atoms with Crippen LogP contribution in [0, 0.1) is 11.3 Å². The molecule has 0 aromatic carbocycles. The zero-order valence-electron chi connectivity index (χ0n) is 6.30. The number of likely N-dealkylation sites (N-methyl/N-ethyl adjacent to an activating group) is 1.